The first-order chi connectivity index (χ1) is 45.6. The fraction of sp³-hybridized carbons (Fsp3) is 0.726. The second kappa shape index (κ2) is 73.5. The minimum absolute atomic E-state index is 0.141. The lowest BCUT2D eigenvalue weighted by Crippen LogP contribution is -2.44. The van der Waals surface area contributed by atoms with Crippen LogP contribution >= 0.6 is 0 Å². The van der Waals surface area contributed by atoms with Crippen LogP contribution in [0.4, 0.5) is 0 Å². The molecular formula is C84H145NO8. The molecule has 0 spiro atoms. The fourth-order valence-electron chi connectivity index (χ4n) is 10.8. The minimum Gasteiger partial charge on any atom is -0.545 e. The van der Waals surface area contributed by atoms with E-state index in [2.05, 4.69) is 135 Å². The average Bonchev–Trinajstić information content (AvgIpc) is 3.74. The number of quaternary nitrogens is 1. The maximum atomic E-state index is 13.0. The van der Waals surface area contributed by atoms with E-state index in [1.165, 1.54) is 199 Å². The van der Waals surface area contributed by atoms with E-state index in [9.17, 15) is 19.5 Å². The number of nitrogens with zero attached hydrogens (tertiary/aromatic N) is 1. The molecule has 0 bridgehead atoms. The van der Waals surface area contributed by atoms with Gasteiger partial charge < -0.3 is 33.3 Å². The summed E-state index contributed by atoms with van der Waals surface area (Å²) >= 11 is 0. The zero-order valence-corrected chi connectivity index (χ0v) is 61.1. The zero-order chi connectivity index (χ0) is 67.5. The van der Waals surface area contributed by atoms with E-state index in [1.807, 2.05) is 21.1 Å². The first kappa shape index (κ1) is 88.7. The summed E-state index contributed by atoms with van der Waals surface area (Å²) in [6, 6.07) is 0. The highest BCUT2D eigenvalue weighted by Gasteiger charge is 2.22. The Kier molecular flexibility index (Phi) is 70.1. The lowest BCUT2D eigenvalue weighted by Gasteiger charge is -2.26. The first-order valence-electron chi connectivity index (χ1n) is 38.7. The summed E-state index contributed by atoms with van der Waals surface area (Å²) in [4.78, 5) is 37.6. The number of ether oxygens (including phenoxy) is 4. The molecule has 0 aromatic rings. The Morgan fingerprint density at radius 1 is 0.333 bits per heavy atom. The Bertz CT molecular complexity index is 1950. The Hall–Kier alpha value is -4.31. The highest BCUT2D eigenvalue weighted by Crippen LogP contribution is 2.18. The number of rotatable bonds is 71. The normalized spacial score (nSPS) is 13.3. The molecule has 2 atom stereocenters. The quantitative estimate of drug-likeness (QED) is 0.0195. The Morgan fingerprint density at radius 3 is 0.914 bits per heavy atom. The molecule has 0 aliphatic heterocycles. The molecule has 0 aliphatic rings. The van der Waals surface area contributed by atoms with Crippen molar-refractivity contribution in [3.8, 4) is 0 Å². The van der Waals surface area contributed by atoms with Crippen LogP contribution in [-0.4, -0.2) is 82.3 Å². The molecule has 0 aromatic heterocycles. The number of esters is 2. The predicted octanol–water partition coefficient (Wildman–Crippen LogP) is 23.4. The molecule has 0 fully saturated rings. The molecule has 534 valence electrons. The number of allylic oxidation sites excluding steroid dienone is 20. The van der Waals surface area contributed by atoms with Gasteiger partial charge in [0.25, 0.3) is 0 Å². The smallest absolute Gasteiger partial charge is 0.306 e. The van der Waals surface area contributed by atoms with E-state index in [1.54, 1.807) is 0 Å². The molecule has 9 nitrogen and oxygen atoms in total. The van der Waals surface area contributed by atoms with E-state index in [0.29, 0.717) is 17.4 Å². The van der Waals surface area contributed by atoms with Gasteiger partial charge in [-0.3, -0.25) is 9.59 Å². The highest BCUT2D eigenvalue weighted by molar-refractivity contribution is 5.70. The molecule has 0 heterocycles. The van der Waals surface area contributed by atoms with Gasteiger partial charge in [-0.1, -0.05) is 334 Å². The third kappa shape index (κ3) is 74.9. The Morgan fingerprint density at radius 2 is 0.613 bits per heavy atom. The van der Waals surface area contributed by atoms with Gasteiger partial charge >= 0.3 is 11.9 Å². The largest absolute Gasteiger partial charge is 0.545 e. The van der Waals surface area contributed by atoms with Gasteiger partial charge in [-0.2, -0.15) is 0 Å². The summed E-state index contributed by atoms with van der Waals surface area (Å²) in [7, 11) is 5.93. The van der Waals surface area contributed by atoms with Crippen molar-refractivity contribution >= 4 is 17.9 Å². The molecule has 0 radical (unpaired) electrons. The summed E-state index contributed by atoms with van der Waals surface area (Å²) in [6.45, 7) is 4.63. The third-order valence-corrected chi connectivity index (χ3v) is 16.7. The lowest BCUT2D eigenvalue weighted by molar-refractivity contribution is -0.870. The standard InChI is InChI=1S/C84H145NO8/c1-6-8-10-12-14-16-18-20-22-24-26-28-30-32-34-36-37-38-39-40-41-42-43-44-45-47-48-50-52-54-56-58-60-62-64-66-68-70-72-74-81(86)91-78-80(79-92-84(83(88)89)90-77-76-85(3,4)5)93-82(87)75-73-71-69-67-65-63-61-59-57-55-53-51-49-46-35-33-31-29-27-25-23-21-19-17-15-13-11-9-7-2/h9,11,15,17-18,20-21,23-24,26-27,29-30,32-33,35,49,51,55,57,80,84H,6-8,10,12-14,16,19,22,25,28,31,34,36-48,50,52-54,56,58-79H2,1-5H3/b11-9-,17-15-,20-18-,23-21-,26-24-,29-27-,32-30-,35-33-,51-49-,57-55-. The number of aliphatic carboxylic acids is 1. The van der Waals surface area contributed by atoms with Crippen molar-refractivity contribution in [1.29, 1.82) is 0 Å². The maximum absolute atomic E-state index is 13.0. The van der Waals surface area contributed by atoms with Crippen molar-refractivity contribution in [3.63, 3.8) is 0 Å². The van der Waals surface area contributed by atoms with Gasteiger partial charge in [0.15, 0.2) is 12.4 Å². The van der Waals surface area contributed by atoms with Crippen LogP contribution < -0.4 is 5.11 Å². The van der Waals surface area contributed by atoms with Gasteiger partial charge in [-0.05, 0) is 109 Å². The van der Waals surface area contributed by atoms with Crippen LogP contribution in [-0.2, 0) is 33.3 Å². The van der Waals surface area contributed by atoms with Crippen molar-refractivity contribution in [2.24, 2.45) is 0 Å². The van der Waals surface area contributed by atoms with Crippen LogP contribution in [0.1, 0.15) is 335 Å². The van der Waals surface area contributed by atoms with Crippen molar-refractivity contribution in [2.45, 2.75) is 347 Å². The number of unbranched alkanes of at least 4 members (excludes halogenated alkanes) is 36. The van der Waals surface area contributed by atoms with Gasteiger partial charge in [-0.25, -0.2) is 0 Å². The number of likely N-dealkylation sites (N-methyl/N-ethyl adjacent to an activating group) is 1. The maximum Gasteiger partial charge on any atom is 0.306 e. The van der Waals surface area contributed by atoms with Crippen molar-refractivity contribution in [3.05, 3.63) is 122 Å². The number of carboxylic acid groups (broad SMARTS) is 1. The van der Waals surface area contributed by atoms with E-state index < -0.39 is 24.3 Å². The van der Waals surface area contributed by atoms with Crippen LogP contribution in [0, 0.1) is 0 Å². The van der Waals surface area contributed by atoms with Crippen molar-refractivity contribution in [2.75, 3.05) is 47.5 Å². The van der Waals surface area contributed by atoms with Gasteiger partial charge in [-0.15, -0.1) is 0 Å². The van der Waals surface area contributed by atoms with Crippen molar-refractivity contribution in [1.82, 2.24) is 0 Å². The van der Waals surface area contributed by atoms with Crippen molar-refractivity contribution < 1.29 is 42.9 Å². The molecule has 2 unspecified atom stereocenters. The van der Waals surface area contributed by atoms with Crippen LogP contribution in [0.5, 0.6) is 0 Å². The van der Waals surface area contributed by atoms with Crippen LogP contribution in [0.25, 0.3) is 0 Å². The van der Waals surface area contributed by atoms with E-state index in [4.69, 9.17) is 18.9 Å². The number of hydrogen-bond acceptors (Lipinski definition) is 8. The molecule has 0 N–H and O–H groups in total. The number of carbonyl (C=O) groups is 3. The summed E-state index contributed by atoms with van der Waals surface area (Å²) in [6.07, 6.45) is 102. The SMILES string of the molecule is CC/C=C\C/C=C\C/C=C\C/C=C\C/C=C\C/C=C\C/C=C\CCCCCCCCCC(=O)OC(COC(=O)CCCCCCCCCCCCCCCCCCCCCCCCCC/C=C\C/C=C\C/C=C\CCCCCCC)COC(OCC[N+](C)(C)C)C(=O)[O-]. The number of carbonyl (C=O) groups excluding carboxylic acids is 3. The molecule has 0 aliphatic carbocycles. The molecule has 9 heteroatoms. The molecule has 0 saturated heterocycles. The third-order valence-electron chi connectivity index (χ3n) is 16.7. The summed E-state index contributed by atoms with van der Waals surface area (Å²) < 4.78 is 22.8. The van der Waals surface area contributed by atoms with Gasteiger partial charge in [0, 0.05) is 12.8 Å². The predicted molar refractivity (Wildman–Crippen MR) is 398 cm³/mol. The van der Waals surface area contributed by atoms with Gasteiger partial charge in [0.2, 0.25) is 0 Å². The molecule has 0 amide bonds. The topological polar surface area (TPSA) is 111 Å². The van der Waals surface area contributed by atoms with E-state index in [0.717, 1.165) is 103 Å². The Labute approximate surface area is 574 Å². The highest BCUT2D eigenvalue weighted by atomic mass is 16.7. The lowest BCUT2D eigenvalue weighted by atomic mass is 10.0. The molecule has 93 heavy (non-hydrogen) atoms. The van der Waals surface area contributed by atoms with E-state index >= 15 is 0 Å². The first-order valence-corrected chi connectivity index (χ1v) is 38.7. The number of carboxylic acids is 1. The second-order valence-electron chi connectivity index (χ2n) is 26.9. The summed E-state index contributed by atoms with van der Waals surface area (Å²) in [5, 5.41) is 11.8. The molecule has 0 saturated carbocycles. The Balaban J connectivity index is 4.05. The molecule has 0 aromatic carbocycles. The van der Waals surface area contributed by atoms with Crippen LogP contribution in [0.15, 0.2) is 122 Å². The summed E-state index contributed by atoms with van der Waals surface area (Å²) in [5.74, 6) is -2.29. The minimum atomic E-state index is -1.63. The fourth-order valence-corrected chi connectivity index (χ4v) is 10.8. The van der Waals surface area contributed by atoms with Gasteiger partial charge in [0.05, 0.1) is 40.3 Å². The van der Waals surface area contributed by atoms with Gasteiger partial charge in [0.1, 0.15) is 13.2 Å². The van der Waals surface area contributed by atoms with Crippen LogP contribution in [0.3, 0.4) is 0 Å². The number of hydrogen-bond donors (Lipinski definition) is 0. The van der Waals surface area contributed by atoms with E-state index in [-0.39, 0.29) is 38.6 Å². The molecule has 0 rings (SSSR count). The monoisotopic (exact) mass is 1300 g/mol. The second-order valence-corrected chi connectivity index (χ2v) is 26.9. The molecular weight excluding hydrogens is 1150 g/mol. The zero-order valence-electron chi connectivity index (χ0n) is 61.1. The average molecular weight is 1300 g/mol. The summed E-state index contributed by atoms with van der Waals surface area (Å²) in [5.41, 5.74) is 0. The van der Waals surface area contributed by atoms with Crippen LogP contribution in [0.2, 0.25) is 0 Å².